The highest BCUT2D eigenvalue weighted by atomic mass is 32.2. The lowest BCUT2D eigenvalue weighted by atomic mass is 9.98. The van der Waals surface area contributed by atoms with E-state index in [2.05, 4.69) is 5.32 Å². The third-order valence-corrected chi connectivity index (χ3v) is 7.64. The quantitative estimate of drug-likeness (QED) is 0.509. The largest absolute Gasteiger partial charge is 0.481 e. The molecule has 2 aliphatic rings. The maximum Gasteiger partial charge on any atom is 0.407 e. The number of benzene rings is 2. The van der Waals surface area contributed by atoms with Gasteiger partial charge in [-0.3, -0.25) is 14.3 Å². The smallest absolute Gasteiger partial charge is 0.407 e. The molecule has 0 bridgehead atoms. The molecular formula is C23H24N2O7S. The van der Waals surface area contributed by atoms with Crippen molar-refractivity contribution in [3.05, 3.63) is 59.7 Å². The maximum absolute atomic E-state index is 12.5. The Morgan fingerprint density at radius 2 is 1.58 bits per heavy atom. The minimum absolute atomic E-state index is 0.00744. The summed E-state index contributed by atoms with van der Waals surface area (Å²) in [7, 11) is -3.84. The molecule has 3 N–H and O–H groups in total. The van der Waals surface area contributed by atoms with Crippen molar-refractivity contribution >= 4 is 28.0 Å². The van der Waals surface area contributed by atoms with E-state index >= 15 is 0 Å². The summed E-state index contributed by atoms with van der Waals surface area (Å²) < 4.78 is 31.5. The Morgan fingerprint density at radius 3 is 2.12 bits per heavy atom. The predicted molar refractivity (Wildman–Crippen MR) is 119 cm³/mol. The number of carboxylic acid groups (broad SMARTS) is 1. The van der Waals surface area contributed by atoms with E-state index in [-0.39, 0.29) is 18.9 Å². The van der Waals surface area contributed by atoms with Crippen LogP contribution in [0.4, 0.5) is 4.79 Å². The zero-order valence-electron chi connectivity index (χ0n) is 17.7. The zero-order valence-corrected chi connectivity index (χ0v) is 18.5. The second-order valence-electron chi connectivity index (χ2n) is 8.17. The molecule has 174 valence electrons. The lowest BCUT2D eigenvalue weighted by molar-refractivity contribution is -0.137. The Bertz CT molecular complexity index is 1150. The zero-order chi connectivity index (χ0) is 23.6. The molecule has 2 amide bonds. The van der Waals surface area contributed by atoms with Crippen molar-refractivity contribution in [1.82, 2.24) is 10.0 Å². The van der Waals surface area contributed by atoms with E-state index in [1.165, 1.54) is 0 Å². The fourth-order valence-electron chi connectivity index (χ4n) is 3.99. The van der Waals surface area contributed by atoms with Crippen molar-refractivity contribution in [2.24, 2.45) is 0 Å². The topological polar surface area (TPSA) is 139 Å². The van der Waals surface area contributed by atoms with Crippen molar-refractivity contribution in [2.45, 2.75) is 42.9 Å². The minimum atomic E-state index is -3.84. The lowest BCUT2D eigenvalue weighted by Crippen LogP contribution is -2.49. The Balaban J connectivity index is 1.42. The molecule has 0 spiro atoms. The van der Waals surface area contributed by atoms with Crippen LogP contribution in [0.25, 0.3) is 11.1 Å². The van der Waals surface area contributed by atoms with Gasteiger partial charge in [0.2, 0.25) is 10.0 Å². The standard InChI is InChI=1S/C23H24N2O7S/c26-21(27)12-11-20(22(28)25-33(30,31)14-9-10-14)24-23(29)32-13-19-17-7-3-1-5-15(17)16-6-2-4-8-18(16)19/h1-8,14,19-20H,9-13H2,(H,24,29)(H,25,28)(H,26,27). The molecule has 1 saturated carbocycles. The molecule has 0 aromatic heterocycles. The van der Waals surface area contributed by atoms with Crippen molar-refractivity contribution in [3.63, 3.8) is 0 Å². The number of rotatable bonds is 9. The molecule has 1 atom stereocenters. The van der Waals surface area contributed by atoms with Crippen LogP contribution in [0.5, 0.6) is 0 Å². The average molecular weight is 473 g/mol. The van der Waals surface area contributed by atoms with Gasteiger partial charge in [0.05, 0.1) is 5.25 Å². The predicted octanol–water partition coefficient (Wildman–Crippen LogP) is 2.37. The van der Waals surface area contributed by atoms with E-state index in [4.69, 9.17) is 9.84 Å². The second-order valence-corrected chi connectivity index (χ2v) is 10.1. The van der Waals surface area contributed by atoms with Gasteiger partial charge in [0.15, 0.2) is 0 Å². The summed E-state index contributed by atoms with van der Waals surface area (Å²) in [6.45, 7) is 0.00744. The van der Waals surface area contributed by atoms with E-state index in [0.29, 0.717) is 12.8 Å². The molecule has 1 unspecified atom stereocenters. The van der Waals surface area contributed by atoms with Crippen LogP contribution in [0.1, 0.15) is 42.7 Å². The second kappa shape index (κ2) is 9.22. The Kier molecular flexibility index (Phi) is 6.37. The normalized spacial score (nSPS) is 15.8. The van der Waals surface area contributed by atoms with Gasteiger partial charge in [0.25, 0.3) is 5.91 Å². The summed E-state index contributed by atoms with van der Waals surface area (Å²) in [6.07, 6.45) is -0.701. The molecule has 1 fully saturated rings. The average Bonchev–Trinajstić information content (AvgIpc) is 3.59. The van der Waals surface area contributed by atoms with Gasteiger partial charge in [0, 0.05) is 12.3 Å². The van der Waals surface area contributed by atoms with E-state index in [9.17, 15) is 22.8 Å². The minimum Gasteiger partial charge on any atom is -0.481 e. The van der Waals surface area contributed by atoms with E-state index in [1.807, 2.05) is 53.3 Å². The van der Waals surface area contributed by atoms with Gasteiger partial charge >= 0.3 is 12.1 Å². The van der Waals surface area contributed by atoms with Crippen LogP contribution in [-0.2, 0) is 24.3 Å². The number of carboxylic acids is 1. The van der Waals surface area contributed by atoms with Crippen LogP contribution in [0.3, 0.4) is 0 Å². The molecule has 9 nitrogen and oxygen atoms in total. The summed E-state index contributed by atoms with van der Waals surface area (Å²) in [6, 6.07) is 14.3. The third-order valence-electron chi connectivity index (χ3n) is 5.81. The molecule has 2 aromatic carbocycles. The molecule has 0 heterocycles. The molecule has 0 saturated heterocycles. The van der Waals surface area contributed by atoms with Crippen LogP contribution in [0.15, 0.2) is 48.5 Å². The molecule has 10 heteroatoms. The summed E-state index contributed by atoms with van der Waals surface area (Å²) in [5, 5.41) is 10.6. The number of ether oxygens (including phenoxy) is 1. The summed E-state index contributed by atoms with van der Waals surface area (Å²) in [5.41, 5.74) is 4.15. The highest BCUT2D eigenvalue weighted by Gasteiger charge is 2.38. The van der Waals surface area contributed by atoms with Crippen molar-refractivity contribution < 1.29 is 32.6 Å². The molecule has 4 rings (SSSR count). The first-order valence-electron chi connectivity index (χ1n) is 10.6. The SMILES string of the molecule is O=C(O)CCC(NC(=O)OCC1c2ccccc2-c2ccccc21)C(=O)NS(=O)(=O)C1CC1. The monoisotopic (exact) mass is 472 g/mol. The van der Waals surface area contributed by atoms with Crippen LogP contribution in [0.2, 0.25) is 0 Å². The highest BCUT2D eigenvalue weighted by Crippen LogP contribution is 2.44. The summed E-state index contributed by atoms with van der Waals surface area (Å²) in [5.74, 6) is -2.34. The Labute approximate surface area is 191 Å². The maximum atomic E-state index is 12.5. The van der Waals surface area contributed by atoms with Crippen LogP contribution in [-0.4, -0.2) is 49.4 Å². The van der Waals surface area contributed by atoms with Gasteiger partial charge in [-0.25, -0.2) is 13.2 Å². The molecular weight excluding hydrogens is 448 g/mol. The molecule has 33 heavy (non-hydrogen) atoms. The number of fused-ring (bicyclic) bond motifs is 3. The van der Waals surface area contributed by atoms with E-state index in [0.717, 1.165) is 22.3 Å². The molecule has 2 aromatic rings. The first-order chi connectivity index (χ1) is 15.8. The number of aliphatic carboxylic acids is 1. The molecule has 0 radical (unpaired) electrons. The van der Waals surface area contributed by atoms with Gasteiger partial charge in [-0.2, -0.15) is 0 Å². The van der Waals surface area contributed by atoms with Crippen molar-refractivity contribution in [1.29, 1.82) is 0 Å². The number of amides is 2. The lowest BCUT2D eigenvalue weighted by Gasteiger charge is -2.19. The summed E-state index contributed by atoms with van der Waals surface area (Å²) >= 11 is 0. The van der Waals surface area contributed by atoms with Gasteiger partial charge in [-0.1, -0.05) is 48.5 Å². The number of nitrogens with one attached hydrogen (secondary N) is 2. The Morgan fingerprint density at radius 1 is 1.00 bits per heavy atom. The number of hydrogen-bond donors (Lipinski definition) is 3. The fourth-order valence-corrected chi connectivity index (χ4v) is 5.34. The van der Waals surface area contributed by atoms with Crippen LogP contribution in [0, 0.1) is 0 Å². The van der Waals surface area contributed by atoms with Gasteiger partial charge in [-0.05, 0) is 41.5 Å². The van der Waals surface area contributed by atoms with Gasteiger partial charge in [0.1, 0.15) is 12.6 Å². The van der Waals surface area contributed by atoms with Crippen molar-refractivity contribution in [3.8, 4) is 11.1 Å². The van der Waals surface area contributed by atoms with Crippen LogP contribution < -0.4 is 10.0 Å². The molecule has 2 aliphatic carbocycles. The number of hydrogen-bond acceptors (Lipinski definition) is 6. The first kappa shape index (κ1) is 22.8. The van der Waals surface area contributed by atoms with E-state index < -0.39 is 45.7 Å². The van der Waals surface area contributed by atoms with Gasteiger partial charge < -0.3 is 15.2 Å². The third kappa shape index (κ3) is 5.16. The number of carbonyl (C=O) groups excluding carboxylic acids is 2. The van der Waals surface area contributed by atoms with Crippen molar-refractivity contribution in [2.75, 3.05) is 6.61 Å². The van der Waals surface area contributed by atoms with E-state index in [1.54, 1.807) is 0 Å². The molecule has 0 aliphatic heterocycles. The first-order valence-corrected chi connectivity index (χ1v) is 12.2. The Hall–Kier alpha value is -3.40. The highest BCUT2D eigenvalue weighted by molar-refractivity contribution is 7.90. The number of carbonyl (C=O) groups is 3. The number of alkyl carbamates (subject to hydrolysis) is 1. The van der Waals surface area contributed by atoms with Gasteiger partial charge in [-0.15, -0.1) is 0 Å². The fraction of sp³-hybridized carbons (Fsp3) is 0.348. The number of sulfonamides is 1. The summed E-state index contributed by atoms with van der Waals surface area (Å²) in [4.78, 5) is 35.9. The van der Waals surface area contributed by atoms with Crippen LogP contribution >= 0.6 is 0 Å².